The van der Waals surface area contributed by atoms with Gasteiger partial charge < -0.3 is 5.11 Å². The maximum atomic E-state index is 10.8. The minimum absolute atomic E-state index is 0.0550. The predicted octanol–water partition coefficient (Wildman–Crippen LogP) is 1.59. The summed E-state index contributed by atoms with van der Waals surface area (Å²) in [6.45, 7) is 2.89. The smallest absolute Gasteiger partial charge is 0.360 e. The van der Waals surface area contributed by atoms with Gasteiger partial charge in [-0.1, -0.05) is 0 Å². The largest absolute Gasteiger partial charge is 0.477 e. The summed E-state index contributed by atoms with van der Waals surface area (Å²) in [4.78, 5) is 10.8. The second-order valence-electron chi connectivity index (χ2n) is 3.76. The molecular formula is C9H15N2O2S+. The van der Waals surface area contributed by atoms with Crippen molar-refractivity contribution in [2.24, 2.45) is 0 Å². The number of rotatable bonds is 3. The van der Waals surface area contributed by atoms with Crippen LogP contribution in [0.2, 0.25) is 0 Å². The maximum absolute atomic E-state index is 10.8. The van der Waals surface area contributed by atoms with Gasteiger partial charge in [0.15, 0.2) is 23.9 Å². The molecule has 5 heteroatoms. The normalized spacial score (nSPS) is 32.1. The number of carboxylic acids is 1. The summed E-state index contributed by atoms with van der Waals surface area (Å²) < 4.78 is 0.367. The second-order valence-corrected chi connectivity index (χ2v) is 4.85. The Kier molecular flexibility index (Phi) is 3.78. The Balaban J connectivity index is 2.78. The van der Waals surface area contributed by atoms with Gasteiger partial charge in [-0.25, -0.2) is 8.68 Å². The molecule has 0 amide bonds. The summed E-state index contributed by atoms with van der Waals surface area (Å²) in [6.07, 6.45) is 3.18. The number of carbonyl (C=O) groups is 1. The molecule has 1 fully saturated rings. The molecule has 0 aliphatic carbocycles. The molecule has 4 nitrogen and oxygen atoms in total. The number of hydrogen-bond acceptors (Lipinski definition) is 3. The predicted molar refractivity (Wildman–Crippen MR) is 54.1 cm³/mol. The molecule has 0 saturated carbocycles. The monoisotopic (exact) mass is 215 g/mol. The van der Waals surface area contributed by atoms with Crippen LogP contribution in [0.4, 0.5) is 0 Å². The number of nitriles is 1. The van der Waals surface area contributed by atoms with Gasteiger partial charge in [0, 0.05) is 6.42 Å². The molecule has 1 heterocycles. The van der Waals surface area contributed by atoms with Crippen LogP contribution in [-0.2, 0) is 4.79 Å². The molecule has 0 bridgehead atoms. The molecule has 0 radical (unpaired) electrons. The van der Waals surface area contributed by atoms with Crippen LogP contribution < -0.4 is 0 Å². The van der Waals surface area contributed by atoms with E-state index in [0.29, 0.717) is 3.89 Å². The Bertz CT molecular complexity index is 264. The van der Waals surface area contributed by atoms with Crippen LogP contribution in [0, 0.1) is 10.7 Å². The average Bonchev–Trinajstić information content (AvgIpc) is 2.09. The average molecular weight is 215 g/mol. The molecule has 2 atom stereocenters. The Labute approximate surface area is 88.2 Å². The number of hydrogen-bond donors (Lipinski definition) is 1. The van der Waals surface area contributed by atoms with Crippen LogP contribution in [0.3, 0.4) is 0 Å². The molecule has 1 aliphatic heterocycles. The quantitative estimate of drug-likeness (QED) is 0.441. The van der Waals surface area contributed by atoms with Crippen LogP contribution >= 0.6 is 11.9 Å². The van der Waals surface area contributed by atoms with Gasteiger partial charge in [0.25, 0.3) is 0 Å². The number of quaternary nitrogens is 1. The van der Waals surface area contributed by atoms with Crippen molar-refractivity contribution in [1.29, 1.82) is 5.26 Å². The lowest BCUT2D eigenvalue weighted by molar-refractivity contribution is -0.818. The highest BCUT2D eigenvalue weighted by molar-refractivity contribution is 7.98. The lowest BCUT2D eigenvalue weighted by Gasteiger charge is -2.40. The highest BCUT2D eigenvalue weighted by Crippen LogP contribution is 2.33. The number of thiocyanates is 1. The Morgan fingerprint density at radius 2 is 2.43 bits per heavy atom. The van der Waals surface area contributed by atoms with E-state index in [9.17, 15) is 4.79 Å². The summed E-state index contributed by atoms with van der Waals surface area (Å²) in [5.74, 6) is -0.818. The van der Waals surface area contributed by atoms with Crippen molar-refractivity contribution in [2.75, 3.05) is 13.1 Å². The van der Waals surface area contributed by atoms with E-state index in [2.05, 4.69) is 0 Å². The van der Waals surface area contributed by atoms with Gasteiger partial charge in [-0.15, -0.1) is 0 Å². The van der Waals surface area contributed by atoms with E-state index in [1.165, 1.54) is 0 Å². The second kappa shape index (κ2) is 4.67. The van der Waals surface area contributed by atoms with Crippen LogP contribution in [0.25, 0.3) is 0 Å². The van der Waals surface area contributed by atoms with Crippen LogP contribution in [-0.4, -0.2) is 34.1 Å². The molecular weight excluding hydrogens is 200 g/mol. The lowest BCUT2D eigenvalue weighted by Crippen LogP contribution is -2.53. The zero-order chi connectivity index (χ0) is 10.6. The van der Waals surface area contributed by atoms with E-state index in [0.717, 1.165) is 37.8 Å². The van der Waals surface area contributed by atoms with Crippen molar-refractivity contribution in [3.8, 4) is 5.40 Å². The van der Waals surface area contributed by atoms with Crippen molar-refractivity contribution >= 4 is 17.9 Å². The third kappa shape index (κ3) is 2.40. The highest BCUT2D eigenvalue weighted by Gasteiger charge is 2.40. The minimum Gasteiger partial charge on any atom is -0.477 e. The van der Waals surface area contributed by atoms with E-state index < -0.39 is 5.97 Å². The first kappa shape index (κ1) is 11.3. The molecule has 0 spiro atoms. The summed E-state index contributed by atoms with van der Waals surface area (Å²) >= 11 is 1.10. The van der Waals surface area contributed by atoms with E-state index in [-0.39, 0.29) is 12.6 Å². The van der Waals surface area contributed by atoms with Gasteiger partial charge in [0.2, 0.25) is 0 Å². The fourth-order valence-corrected chi connectivity index (χ4v) is 2.83. The highest BCUT2D eigenvalue weighted by atomic mass is 32.2. The van der Waals surface area contributed by atoms with E-state index in [1.807, 2.05) is 12.3 Å². The molecule has 2 unspecified atom stereocenters. The zero-order valence-electron chi connectivity index (χ0n) is 8.27. The number of piperidine rings is 1. The third-order valence-corrected chi connectivity index (χ3v) is 3.95. The van der Waals surface area contributed by atoms with Gasteiger partial charge in [0.05, 0.1) is 12.6 Å². The number of nitrogens with zero attached hydrogens (tertiary/aromatic N) is 2. The van der Waals surface area contributed by atoms with Crippen molar-refractivity contribution in [1.82, 2.24) is 0 Å². The molecule has 0 aromatic heterocycles. The fourth-order valence-electron chi connectivity index (χ4n) is 1.99. The summed E-state index contributed by atoms with van der Waals surface area (Å²) in [5.41, 5.74) is 0. The van der Waals surface area contributed by atoms with Gasteiger partial charge >= 0.3 is 5.97 Å². The zero-order valence-corrected chi connectivity index (χ0v) is 9.09. The first-order valence-electron chi connectivity index (χ1n) is 4.77. The van der Waals surface area contributed by atoms with Gasteiger partial charge in [-0.05, 0) is 19.8 Å². The molecule has 0 aromatic rings. The molecule has 1 aliphatic rings. The summed E-state index contributed by atoms with van der Waals surface area (Å²) in [7, 11) is 0. The first-order valence-corrected chi connectivity index (χ1v) is 5.54. The molecule has 1 rings (SSSR count). The van der Waals surface area contributed by atoms with Gasteiger partial charge in [-0.3, -0.25) is 0 Å². The minimum atomic E-state index is -0.818. The van der Waals surface area contributed by atoms with Crippen molar-refractivity contribution < 1.29 is 13.8 Å². The molecule has 78 valence electrons. The van der Waals surface area contributed by atoms with Gasteiger partial charge in [-0.2, -0.15) is 5.26 Å². The number of likely N-dealkylation sites (tertiary alicyclic amines) is 1. The SMILES string of the molecule is CC1CCCC[N+]1(CC(=O)O)SC#N. The summed E-state index contributed by atoms with van der Waals surface area (Å²) in [6, 6.07) is 0.268. The van der Waals surface area contributed by atoms with E-state index >= 15 is 0 Å². The fraction of sp³-hybridized carbons (Fsp3) is 0.778. The molecule has 14 heavy (non-hydrogen) atoms. The maximum Gasteiger partial charge on any atom is 0.360 e. The number of carboxylic acid groups (broad SMARTS) is 1. The van der Waals surface area contributed by atoms with Crippen molar-refractivity contribution in [2.45, 2.75) is 32.2 Å². The summed E-state index contributed by atoms with van der Waals surface area (Å²) in [5, 5.41) is 19.6. The molecule has 1 saturated heterocycles. The van der Waals surface area contributed by atoms with Gasteiger partial charge in [0.1, 0.15) is 0 Å². The van der Waals surface area contributed by atoms with Crippen molar-refractivity contribution in [3.05, 3.63) is 0 Å². The van der Waals surface area contributed by atoms with Crippen LogP contribution in [0.5, 0.6) is 0 Å². The van der Waals surface area contributed by atoms with E-state index in [4.69, 9.17) is 10.4 Å². The van der Waals surface area contributed by atoms with Crippen molar-refractivity contribution in [3.63, 3.8) is 0 Å². The van der Waals surface area contributed by atoms with E-state index in [1.54, 1.807) is 0 Å². The topological polar surface area (TPSA) is 61.1 Å². The Morgan fingerprint density at radius 3 is 2.93 bits per heavy atom. The third-order valence-electron chi connectivity index (χ3n) is 2.84. The molecule has 1 N–H and O–H groups in total. The first-order chi connectivity index (χ1) is 6.60. The lowest BCUT2D eigenvalue weighted by atomic mass is 10.0. The number of aliphatic carboxylic acids is 1. The Morgan fingerprint density at radius 1 is 1.71 bits per heavy atom. The molecule has 0 aromatic carbocycles. The standard InChI is InChI=1S/C9H14N2O2S/c1-8-4-2-3-5-11(8,14-7-10)6-9(12)13/h8H,2-6H2,1H3/p+1. The van der Waals surface area contributed by atoms with Crippen LogP contribution in [0.1, 0.15) is 26.2 Å². The Hall–Kier alpha value is -0.730. The van der Waals surface area contributed by atoms with Crippen LogP contribution in [0.15, 0.2) is 0 Å².